The van der Waals surface area contributed by atoms with Crippen LogP contribution in [0, 0.1) is 11.3 Å². The summed E-state index contributed by atoms with van der Waals surface area (Å²) >= 11 is 0. The summed E-state index contributed by atoms with van der Waals surface area (Å²) < 4.78 is 0. The highest BCUT2D eigenvalue weighted by Gasteiger charge is 2.26. The molecule has 0 saturated heterocycles. The van der Waals surface area contributed by atoms with Crippen molar-refractivity contribution in [3.05, 3.63) is 0 Å². The van der Waals surface area contributed by atoms with E-state index in [-0.39, 0.29) is 0 Å². The first-order chi connectivity index (χ1) is 6.56. The Bertz CT molecular complexity index is 126. The number of hydrogen-bond donors (Lipinski definition) is 0. The van der Waals surface area contributed by atoms with Crippen molar-refractivity contribution >= 4 is 0 Å². The normalized spacial score (nSPS) is 15.9. The van der Waals surface area contributed by atoms with Crippen molar-refractivity contribution < 1.29 is 0 Å². The van der Waals surface area contributed by atoms with E-state index in [1.807, 2.05) is 0 Å². The van der Waals surface area contributed by atoms with Crippen molar-refractivity contribution in [3.63, 3.8) is 0 Å². The molecule has 0 nitrogen and oxygen atoms in total. The zero-order chi connectivity index (χ0) is 11.0. The molecule has 86 valence electrons. The highest BCUT2D eigenvalue weighted by Crippen LogP contribution is 2.38. The molecule has 0 heterocycles. The van der Waals surface area contributed by atoms with Crippen molar-refractivity contribution in [3.8, 4) is 0 Å². The van der Waals surface area contributed by atoms with Crippen LogP contribution in [0.25, 0.3) is 0 Å². The number of hydrogen-bond acceptors (Lipinski definition) is 0. The minimum atomic E-state index is 0.602. The molecular weight excluding hydrogens is 168 g/mol. The van der Waals surface area contributed by atoms with Gasteiger partial charge in [0.15, 0.2) is 0 Å². The second kappa shape index (κ2) is 7.31. The summed E-state index contributed by atoms with van der Waals surface area (Å²) in [5.41, 5.74) is 0.602. The second-order valence-electron chi connectivity index (χ2n) is 5.37. The Kier molecular flexibility index (Phi) is 7.31. The third-order valence-corrected chi connectivity index (χ3v) is 3.85. The van der Waals surface area contributed by atoms with Crippen LogP contribution in [0.3, 0.4) is 0 Å². The van der Waals surface area contributed by atoms with Crippen LogP contribution >= 0.6 is 0 Å². The van der Waals surface area contributed by atoms with Crippen molar-refractivity contribution in [1.82, 2.24) is 0 Å². The summed E-state index contributed by atoms with van der Waals surface area (Å²) in [6.45, 7) is 11.9. The first-order valence-corrected chi connectivity index (χ1v) is 6.56. The molecule has 0 rings (SSSR count). The van der Waals surface area contributed by atoms with Crippen LogP contribution in [0.1, 0.15) is 79.6 Å². The molecule has 0 N–H and O–H groups in total. The van der Waals surface area contributed by atoms with Crippen molar-refractivity contribution in [1.29, 1.82) is 0 Å². The van der Waals surface area contributed by atoms with Crippen LogP contribution in [0.5, 0.6) is 0 Å². The largest absolute Gasteiger partial charge is 0.0654 e. The third-order valence-electron chi connectivity index (χ3n) is 3.85. The Hall–Kier alpha value is 0. The van der Waals surface area contributed by atoms with E-state index < -0.39 is 0 Å². The molecule has 0 aromatic heterocycles. The highest BCUT2D eigenvalue weighted by atomic mass is 14.3. The fraction of sp³-hybridized carbons (Fsp3) is 1.00. The predicted molar refractivity (Wildman–Crippen MR) is 66.6 cm³/mol. The van der Waals surface area contributed by atoms with E-state index in [4.69, 9.17) is 0 Å². The van der Waals surface area contributed by atoms with Gasteiger partial charge in [-0.2, -0.15) is 0 Å². The van der Waals surface area contributed by atoms with Gasteiger partial charge in [-0.3, -0.25) is 0 Å². The highest BCUT2D eigenvalue weighted by molar-refractivity contribution is 4.77. The summed E-state index contributed by atoms with van der Waals surface area (Å²) in [5.74, 6) is 0.839. The molecule has 0 aromatic rings. The maximum absolute atomic E-state index is 2.49. The van der Waals surface area contributed by atoms with Crippen LogP contribution in [0.15, 0.2) is 0 Å². The van der Waals surface area contributed by atoms with Crippen LogP contribution in [-0.4, -0.2) is 0 Å². The van der Waals surface area contributed by atoms with E-state index in [9.17, 15) is 0 Å². The molecule has 0 fully saturated rings. The van der Waals surface area contributed by atoms with Crippen LogP contribution < -0.4 is 0 Å². The molecular formula is C14H30. The lowest BCUT2D eigenvalue weighted by Crippen LogP contribution is -2.23. The van der Waals surface area contributed by atoms with E-state index in [0.29, 0.717) is 5.41 Å². The van der Waals surface area contributed by atoms with Gasteiger partial charge in [-0.25, -0.2) is 0 Å². The molecule has 0 aliphatic rings. The van der Waals surface area contributed by atoms with Crippen molar-refractivity contribution in [2.45, 2.75) is 79.6 Å². The SMILES string of the molecule is CCCCCC(C)(CCCC)C(C)C. The fourth-order valence-electron chi connectivity index (χ4n) is 2.06. The second-order valence-corrected chi connectivity index (χ2v) is 5.37. The molecule has 1 unspecified atom stereocenters. The lowest BCUT2D eigenvalue weighted by molar-refractivity contribution is 0.170. The minimum absolute atomic E-state index is 0.602. The van der Waals surface area contributed by atoms with Gasteiger partial charge in [0.05, 0.1) is 0 Å². The predicted octanol–water partition coefficient (Wildman–Crippen LogP) is 5.42. The molecule has 0 aromatic carbocycles. The van der Waals surface area contributed by atoms with Gasteiger partial charge < -0.3 is 0 Å². The molecule has 1 atom stereocenters. The summed E-state index contributed by atoms with van der Waals surface area (Å²) in [7, 11) is 0. The summed E-state index contributed by atoms with van der Waals surface area (Å²) in [4.78, 5) is 0. The summed E-state index contributed by atoms with van der Waals surface area (Å²) in [6.07, 6.45) is 9.78. The maximum Gasteiger partial charge on any atom is -0.0303 e. The average Bonchev–Trinajstić information content (AvgIpc) is 2.15. The summed E-state index contributed by atoms with van der Waals surface area (Å²) in [5, 5.41) is 0. The number of rotatable bonds is 8. The topological polar surface area (TPSA) is 0 Å². The fourth-order valence-corrected chi connectivity index (χ4v) is 2.06. The third kappa shape index (κ3) is 5.02. The Balaban J connectivity index is 3.96. The molecule has 0 aliphatic heterocycles. The van der Waals surface area contributed by atoms with Gasteiger partial charge in [-0.1, -0.05) is 66.7 Å². The zero-order valence-electron chi connectivity index (χ0n) is 11.0. The Morgan fingerprint density at radius 2 is 1.36 bits per heavy atom. The molecule has 0 radical (unpaired) electrons. The molecule has 0 amide bonds. The molecule has 0 saturated carbocycles. The van der Waals surface area contributed by atoms with Gasteiger partial charge in [0.1, 0.15) is 0 Å². The molecule has 0 spiro atoms. The lowest BCUT2D eigenvalue weighted by Gasteiger charge is -2.34. The van der Waals surface area contributed by atoms with Gasteiger partial charge in [0.2, 0.25) is 0 Å². The quantitative estimate of drug-likeness (QED) is 0.457. The average molecular weight is 198 g/mol. The van der Waals surface area contributed by atoms with E-state index in [1.54, 1.807) is 0 Å². The Morgan fingerprint density at radius 1 is 0.857 bits per heavy atom. The van der Waals surface area contributed by atoms with E-state index in [0.717, 1.165) is 5.92 Å². The first-order valence-electron chi connectivity index (χ1n) is 6.56. The smallest absolute Gasteiger partial charge is 0.0303 e. The monoisotopic (exact) mass is 198 g/mol. The van der Waals surface area contributed by atoms with Gasteiger partial charge in [0.25, 0.3) is 0 Å². The standard InChI is InChI=1S/C14H30/c1-6-8-10-12-14(5,13(3)4)11-9-7-2/h13H,6-12H2,1-5H3. The zero-order valence-corrected chi connectivity index (χ0v) is 11.0. The van der Waals surface area contributed by atoms with Gasteiger partial charge in [0, 0.05) is 0 Å². The molecule has 14 heavy (non-hydrogen) atoms. The van der Waals surface area contributed by atoms with Crippen molar-refractivity contribution in [2.75, 3.05) is 0 Å². The van der Waals surface area contributed by atoms with Gasteiger partial charge >= 0.3 is 0 Å². The van der Waals surface area contributed by atoms with E-state index >= 15 is 0 Å². The number of unbranched alkanes of at least 4 members (excludes halogenated alkanes) is 3. The van der Waals surface area contributed by atoms with E-state index in [1.165, 1.54) is 44.9 Å². The summed E-state index contributed by atoms with van der Waals surface area (Å²) in [6, 6.07) is 0. The molecule has 0 aliphatic carbocycles. The van der Waals surface area contributed by atoms with Crippen LogP contribution in [-0.2, 0) is 0 Å². The lowest BCUT2D eigenvalue weighted by atomic mass is 9.72. The first kappa shape index (κ1) is 14.0. The Labute approximate surface area is 91.5 Å². The molecule has 0 heteroatoms. The Morgan fingerprint density at radius 3 is 1.79 bits per heavy atom. The van der Waals surface area contributed by atoms with Crippen LogP contribution in [0.4, 0.5) is 0 Å². The van der Waals surface area contributed by atoms with Gasteiger partial charge in [-0.05, 0) is 24.2 Å². The molecule has 0 bridgehead atoms. The van der Waals surface area contributed by atoms with Gasteiger partial charge in [-0.15, -0.1) is 0 Å². The minimum Gasteiger partial charge on any atom is -0.0654 e. The van der Waals surface area contributed by atoms with Crippen molar-refractivity contribution in [2.24, 2.45) is 11.3 Å². The maximum atomic E-state index is 2.49. The van der Waals surface area contributed by atoms with Crippen LogP contribution in [0.2, 0.25) is 0 Å². The van der Waals surface area contributed by atoms with E-state index in [2.05, 4.69) is 34.6 Å².